The highest BCUT2D eigenvalue weighted by molar-refractivity contribution is 6.08. The molecule has 5 aliphatic rings. The standard InChI is InChI=1S/C50H47N5/c1-5-17-34(18-6-1)38-29-30-40(35-19-7-2-8-20-35)43(31-38)39-32-44(50(51-33-39)55-45-27-15-13-25-41(45)42-26-14-16-28-46(42)55)49-53-47(36-21-9-3-10-22-36)52-48(54-49)37-23-11-4-12-24-37/h1-3,5-11,13-21,23-28,31-33,36,38,40,44,48-50,54H,4,12,22,29-30H2,(H,52,53)/t36-,38?,40?,44?,48?,49?,50?/m0/s1. The molecule has 272 valence electrons. The predicted molar refractivity (Wildman–Crippen MR) is 228 cm³/mol. The van der Waals surface area contributed by atoms with Gasteiger partial charge in [-0.2, -0.15) is 0 Å². The average Bonchev–Trinajstić information content (AvgIpc) is 3.61. The average molecular weight is 718 g/mol. The largest absolute Gasteiger partial charge is 0.357 e. The Morgan fingerprint density at radius 2 is 1.40 bits per heavy atom. The molecule has 4 aromatic carbocycles. The van der Waals surface area contributed by atoms with E-state index in [4.69, 9.17) is 9.98 Å². The van der Waals surface area contributed by atoms with Crippen LogP contribution in [0.5, 0.6) is 0 Å². The quantitative estimate of drug-likeness (QED) is 0.176. The number of dihydropyridines is 1. The van der Waals surface area contributed by atoms with Gasteiger partial charge in [0.05, 0.1) is 23.1 Å². The number of fused-ring (bicyclic) bond motifs is 3. The van der Waals surface area contributed by atoms with Crippen LogP contribution in [-0.4, -0.2) is 28.9 Å². The summed E-state index contributed by atoms with van der Waals surface area (Å²) in [4.78, 5) is 11.0. The topological polar surface area (TPSA) is 53.7 Å². The molecule has 2 aliphatic heterocycles. The molecule has 5 heteroatoms. The van der Waals surface area contributed by atoms with Gasteiger partial charge in [0.25, 0.3) is 0 Å². The number of benzene rings is 4. The Balaban J connectivity index is 1.13. The highest BCUT2D eigenvalue weighted by atomic mass is 15.3. The molecule has 55 heavy (non-hydrogen) atoms. The third kappa shape index (κ3) is 6.47. The summed E-state index contributed by atoms with van der Waals surface area (Å²) in [5.41, 5.74) is 8.99. The Kier molecular flexibility index (Phi) is 9.09. The van der Waals surface area contributed by atoms with Crippen molar-refractivity contribution in [1.29, 1.82) is 0 Å². The summed E-state index contributed by atoms with van der Waals surface area (Å²) >= 11 is 0. The van der Waals surface area contributed by atoms with Gasteiger partial charge >= 0.3 is 0 Å². The fourth-order valence-corrected chi connectivity index (χ4v) is 9.50. The number of allylic oxidation sites excluding steroid dienone is 8. The van der Waals surface area contributed by atoms with Gasteiger partial charge in [-0.25, -0.2) is 4.99 Å². The Morgan fingerprint density at radius 3 is 2.11 bits per heavy atom. The van der Waals surface area contributed by atoms with Crippen molar-refractivity contribution in [3.05, 3.63) is 192 Å². The summed E-state index contributed by atoms with van der Waals surface area (Å²) < 4.78 is 2.49. The van der Waals surface area contributed by atoms with Crippen molar-refractivity contribution in [3.8, 4) is 0 Å². The van der Waals surface area contributed by atoms with Gasteiger partial charge in [0.2, 0.25) is 0 Å². The van der Waals surface area contributed by atoms with Crippen molar-refractivity contribution in [1.82, 2.24) is 15.2 Å². The van der Waals surface area contributed by atoms with Crippen LogP contribution in [0.15, 0.2) is 191 Å². The maximum atomic E-state index is 5.64. The van der Waals surface area contributed by atoms with Gasteiger partial charge in [-0.3, -0.25) is 10.3 Å². The predicted octanol–water partition coefficient (Wildman–Crippen LogP) is 10.9. The smallest absolute Gasteiger partial charge is 0.135 e. The molecule has 6 unspecified atom stereocenters. The van der Waals surface area contributed by atoms with E-state index < -0.39 is 0 Å². The van der Waals surface area contributed by atoms with E-state index in [9.17, 15) is 0 Å². The zero-order valence-corrected chi connectivity index (χ0v) is 31.1. The molecular weight excluding hydrogens is 671 g/mol. The van der Waals surface area contributed by atoms with E-state index in [0.717, 1.165) is 37.9 Å². The van der Waals surface area contributed by atoms with E-state index in [0.29, 0.717) is 5.92 Å². The first-order valence-electron chi connectivity index (χ1n) is 20.1. The van der Waals surface area contributed by atoms with Crippen LogP contribution in [0.25, 0.3) is 21.8 Å². The molecule has 3 aliphatic carbocycles. The molecule has 5 nitrogen and oxygen atoms in total. The van der Waals surface area contributed by atoms with Crippen LogP contribution in [0.3, 0.4) is 0 Å². The minimum atomic E-state index is -0.194. The second-order valence-electron chi connectivity index (χ2n) is 15.5. The molecule has 2 N–H and O–H groups in total. The Morgan fingerprint density at radius 1 is 0.673 bits per heavy atom. The van der Waals surface area contributed by atoms with Gasteiger partial charge in [0, 0.05) is 34.7 Å². The molecule has 0 amide bonds. The van der Waals surface area contributed by atoms with Gasteiger partial charge in [-0.15, -0.1) is 0 Å². The Bertz CT molecular complexity index is 2400. The van der Waals surface area contributed by atoms with E-state index in [-0.39, 0.29) is 36.3 Å². The summed E-state index contributed by atoms with van der Waals surface area (Å²) in [7, 11) is 0. The summed E-state index contributed by atoms with van der Waals surface area (Å²) in [6.07, 6.45) is 27.9. The van der Waals surface area contributed by atoms with Gasteiger partial charge in [0.15, 0.2) is 0 Å². The van der Waals surface area contributed by atoms with Crippen LogP contribution in [0.4, 0.5) is 0 Å². The van der Waals surface area contributed by atoms with E-state index >= 15 is 0 Å². The van der Waals surface area contributed by atoms with Crippen LogP contribution >= 0.6 is 0 Å². The fourth-order valence-electron chi connectivity index (χ4n) is 9.50. The number of para-hydroxylation sites is 2. The highest BCUT2D eigenvalue weighted by Gasteiger charge is 2.39. The van der Waals surface area contributed by atoms with Crippen molar-refractivity contribution in [3.63, 3.8) is 0 Å². The minimum absolute atomic E-state index is 0.0436. The summed E-state index contributed by atoms with van der Waals surface area (Å²) in [6, 6.07) is 39.7. The van der Waals surface area contributed by atoms with Crippen LogP contribution in [-0.2, 0) is 0 Å². The lowest BCUT2D eigenvalue weighted by Crippen LogP contribution is -2.60. The molecule has 10 rings (SSSR count). The Hall–Kier alpha value is -5.78. The second-order valence-corrected chi connectivity index (χ2v) is 15.5. The summed E-state index contributed by atoms with van der Waals surface area (Å²) in [5.74, 6) is 1.84. The van der Waals surface area contributed by atoms with Crippen molar-refractivity contribution in [2.75, 3.05) is 0 Å². The van der Waals surface area contributed by atoms with Gasteiger partial charge in [-0.05, 0) is 72.1 Å². The molecule has 1 aromatic heterocycles. The first-order valence-corrected chi connectivity index (χ1v) is 20.1. The maximum absolute atomic E-state index is 5.64. The number of aromatic nitrogens is 1. The van der Waals surface area contributed by atoms with Crippen molar-refractivity contribution in [2.45, 2.75) is 62.4 Å². The third-order valence-electron chi connectivity index (χ3n) is 12.2. The minimum Gasteiger partial charge on any atom is -0.357 e. The van der Waals surface area contributed by atoms with Gasteiger partial charge in [-0.1, -0.05) is 152 Å². The fraction of sp³-hybridized carbons (Fsp3) is 0.240. The van der Waals surface area contributed by atoms with Gasteiger partial charge < -0.3 is 9.88 Å². The molecule has 5 aromatic rings. The lowest BCUT2D eigenvalue weighted by atomic mass is 9.73. The second kappa shape index (κ2) is 14.8. The first kappa shape index (κ1) is 33.8. The van der Waals surface area contributed by atoms with Gasteiger partial charge in [0.1, 0.15) is 18.2 Å². The molecule has 0 spiro atoms. The van der Waals surface area contributed by atoms with Crippen molar-refractivity contribution in [2.24, 2.45) is 21.8 Å². The number of rotatable bonds is 7. The molecule has 0 fully saturated rings. The normalized spacial score (nSPS) is 27.7. The van der Waals surface area contributed by atoms with E-state index in [1.54, 1.807) is 0 Å². The lowest BCUT2D eigenvalue weighted by molar-refractivity contribution is 0.270. The molecular formula is C50H47N5. The third-order valence-corrected chi connectivity index (χ3v) is 12.2. The van der Waals surface area contributed by atoms with Crippen molar-refractivity contribution >= 4 is 33.9 Å². The zero-order valence-electron chi connectivity index (χ0n) is 31.1. The molecule has 0 radical (unpaired) electrons. The number of aliphatic imine (C=N–C) groups is 2. The highest BCUT2D eigenvalue weighted by Crippen LogP contribution is 2.46. The monoisotopic (exact) mass is 717 g/mol. The molecule has 0 saturated carbocycles. The molecule has 3 heterocycles. The van der Waals surface area contributed by atoms with Crippen molar-refractivity contribution < 1.29 is 0 Å². The first-order chi connectivity index (χ1) is 27.3. The van der Waals surface area contributed by atoms with E-state index in [1.165, 1.54) is 49.7 Å². The van der Waals surface area contributed by atoms with E-state index in [2.05, 4.69) is 185 Å². The number of nitrogens with zero attached hydrogens (tertiary/aromatic N) is 3. The van der Waals surface area contributed by atoms with E-state index in [1.807, 2.05) is 0 Å². The number of amidine groups is 1. The number of hydrogen-bond donors (Lipinski definition) is 2. The molecule has 7 atom stereocenters. The molecule has 0 bridgehead atoms. The Labute approximate surface area is 324 Å². The summed E-state index contributed by atoms with van der Waals surface area (Å²) in [6.45, 7) is 0. The number of hydrogen-bond acceptors (Lipinski definition) is 4. The van der Waals surface area contributed by atoms with Crippen LogP contribution < -0.4 is 10.6 Å². The maximum Gasteiger partial charge on any atom is 0.135 e. The number of nitrogens with one attached hydrogen (secondary N) is 2. The van der Waals surface area contributed by atoms with Crippen LogP contribution in [0.2, 0.25) is 0 Å². The molecule has 0 saturated heterocycles. The SMILES string of the molecule is C1=CC[C@@H](C2=NC(C3=CCCC=C3)NC(C3C=C(C4=CC(c5ccccc5)CCC4c4ccccc4)C=NC3n3c4ccccc4c4ccccc43)N2)C=C1. The lowest BCUT2D eigenvalue weighted by Gasteiger charge is -2.41. The van der Waals surface area contributed by atoms with Crippen LogP contribution in [0, 0.1) is 11.8 Å². The van der Waals surface area contributed by atoms with Crippen LogP contribution in [0.1, 0.15) is 61.2 Å². The zero-order chi connectivity index (χ0) is 36.6. The summed E-state index contributed by atoms with van der Waals surface area (Å²) in [5, 5.41) is 10.6.